The van der Waals surface area contributed by atoms with E-state index in [-0.39, 0.29) is 11.0 Å². The van der Waals surface area contributed by atoms with Crippen molar-refractivity contribution in [1.29, 1.82) is 0 Å². The van der Waals surface area contributed by atoms with E-state index in [0.29, 0.717) is 18.4 Å². The molecule has 0 spiro atoms. The third-order valence-electron chi connectivity index (χ3n) is 5.80. The van der Waals surface area contributed by atoms with Gasteiger partial charge in [0.15, 0.2) is 0 Å². The van der Waals surface area contributed by atoms with Gasteiger partial charge in [-0.3, -0.25) is 4.55 Å². The Balaban J connectivity index is 1.75. The summed E-state index contributed by atoms with van der Waals surface area (Å²) in [5.74, 6) is 1.57. The average molecular weight is 439 g/mol. The quantitative estimate of drug-likeness (QED) is 0.563. The van der Waals surface area contributed by atoms with Gasteiger partial charge in [0.25, 0.3) is 10.1 Å². The number of ether oxygens (including phenoxy) is 2. The summed E-state index contributed by atoms with van der Waals surface area (Å²) in [4.78, 5) is -0.0646. The molecule has 31 heavy (non-hydrogen) atoms. The lowest BCUT2D eigenvalue weighted by Crippen LogP contribution is -2.18. The Morgan fingerprint density at radius 2 is 1.77 bits per heavy atom. The standard InChI is InChI=1S/C25H26O5S/c1-15-8-9-23(31(26,27)28)18(10-15)11-21-13-19-12-20(29-4)14-22(25(19)30-21)24-16(2)6-5-7-17(24)3/h5-10,12,14,21H,11,13H2,1-4H3,(H,26,27,28). The summed E-state index contributed by atoms with van der Waals surface area (Å²) in [5.41, 5.74) is 6.91. The van der Waals surface area contributed by atoms with Crippen LogP contribution in [-0.4, -0.2) is 26.2 Å². The number of benzene rings is 3. The Morgan fingerprint density at radius 1 is 1.06 bits per heavy atom. The highest BCUT2D eigenvalue weighted by Gasteiger charge is 2.29. The lowest BCUT2D eigenvalue weighted by Gasteiger charge is -2.17. The van der Waals surface area contributed by atoms with Crippen LogP contribution in [0.3, 0.4) is 0 Å². The molecule has 1 aliphatic heterocycles. The summed E-state index contributed by atoms with van der Waals surface area (Å²) in [5, 5.41) is 0. The molecule has 0 fully saturated rings. The first-order chi connectivity index (χ1) is 14.7. The monoisotopic (exact) mass is 438 g/mol. The predicted molar refractivity (Wildman–Crippen MR) is 121 cm³/mol. The number of hydrogen-bond acceptors (Lipinski definition) is 4. The summed E-state index contributed by atoms with van der Waals surface area (Å²) < 4.78 is 45.3. The van der Waals surface area contributed by atoms with Crippen molar-refractivity contribution in [3.63, 3.8) is 0 Å². The summed E-state index contributed by atoms with van der Waals surface area (Å²) in [6.45, 7) is 6.04. The molecule has 0 bridgehead atoms. The topological polar surface area (TPSA) is 72.8 Å². The fourth-order valence-corrected chi connectivity index (χ4v) is 5.14. The van der Waals surface area contributed by atoms with Crippen molar-refractivity contribution in [2.24, 2.45) is 0 Å². The molecule has 3 aromatic carbocycles. The van der Waals surface area contributed by atoms with Gasteiger partial charge >= 0.3 is 0 Å². The average Bonchev–Trinajstić information content (AvgIpc) is 3.09. The van der Waals surface area contributed by atoms with Crippen molar-refractivity contribution in [3.8, 4) is 22.6 Å². The van der Waals surface area contributed by atoms with Crippen LogP contribution < -0.4 is 9.47 Å². The molecule has 5 nitrogen and oxygen atoms in total. The molecule has 1 aliphatic rings. The fraction of sp³-hybridized carbons (Fsp3) is 0.280. The number of rotatable bonds is 5. The smallest absolute Gasteiger partial charge is 0.294 e. The maximum Gasteiger partial charge on any atom is 0.294 e. The van der Waals surface area contributed by atoms with Gasteiger partial charge in [0, 0.05) is 24.0 Å². The second-order valence-corrected chi connectivity index (χ2v) is 9.55. The maximum atomic E-state index is 11.9. The number of aryl methyl sites for hydroxylation is 3. The van der Waals surface area contributed by atoms with Crippen LogP contribution in [0.4, 0.5) is 0 Å². The minimum Gasteiger partial charge on any atom is -0.497 e. The molecule has 6 heteroatoms. The summed E-state index contributed by atoms with van der Waals surface area (Å²) in [7, 11) is -2.66. The van der Waals surface area contributed by atoms with Gasteiger partial charge in [-0.05, 0) is 61.2 Å². The first-order valence-corrected chi connectivity index (χ1v) is 11.6. The van der Waals surface area contributed by atoms with Crippen LogP contribution in [0.2, 0.25) is 0 Å². The molecule has 1 N–H and O–H groups in total. The van der Waals surface area contributed by atoms with Crippen molar-refractivity contribution < 1.29 is 22.4 Å². The van der Waals surface area contributed by atoms with Crippen LogP contribution in [0.1, 0.15) is 27.8 Å². The van der Waals surface area contributed by atoms with Gasteiger partial charge in [-0.2, -0.15) is 8.42 Å². The highest BCUT2D eigenvalue weighted by atomic mass is 32.2. The van der Waals surface area contributed by atoms with Gasteiger partial charge < -0.3 is 9.47 Å². The van der Waals surface area contributed by atoms with Gasteiger partial charge in [-0.25, -0.2) is 0 Å². The zero-order chi connectivity index (χ0) is 22.3. The SMILES string of the molecule is COc1cc2c(c(-c3c(C)cccc3C)c1)OC(Cc1cc(C)ccc1S(=O)(=O)O)C2. The van der Waals surface area contributed by atoms with Gasteiger partial charge in [0.05, 0.1) is 12.0 Å². The first-order valence-electron chi connectivity index (χ1n) is 10.2. The molecule has 1 heterocycles. The molecular formula is C25H26O5S. The van der Waals surface area contributed by atoms with E-state index >= 15 is 0 Å². The number of fused-ring (bicyclic) bond motifs is 1. The maximum absolute atomic E-state index is 11.9. The number of methoxy groups -OCH3 is 1. The Hall–Kier alpha value is -2.83. The second kappa shape index (κ2) is 8.02. The predicted octanol–water partition coefficient (Wildman–Crippen LogP) is 5.08. The highest BCUT2D eigenvalue weighted by Crippen LogP contribution is 2.44. The highest BCUT2D eigenvalue weighted by molar-refractivity contribution is 7.85. The van der Waals surface area contributed by atoms with Crippen molar-refractivity contribution in [1.82, 2.24) is 0 Å². The molecule has 0 aromatic heterocycles. The van der Waals surface area contributed by atoms with Gasteiger partial charge in [-0.1, -0.05) is 35.9 Å². The van der Waals surface area contributed by atoms with E-state index in [1.54, 1.807) is 19.2 Å². The van der Waals surface area contributed by atoms with Crippen molar-refractivity contribution in [2.75, 3.05) is 7.11 Å². The van der Waals surface area contributed by atoms with E-state index < -0.39 is 10.1 Å². The van der Waals surface area contributed by atoms with E-state index in [1.165, 1.54) is 6.07 Å². The molecule has 0 saturated heterocycles. The Labute approximate surface area is 183 Å². The van der Waals surface area contributed by atoms with Gasteiger partial charge in [0.2, 0.25) is 0 Å². The van der Waals surface area contributed by atoms with E-state index in [1.807, 2.05) is 25.1 Å². The summed E-state index contributed by atoms with van der Waals surface area (Å²) in [6.07, 6.45) is 0.760. The third-order valence-corrected chi connectivity index (χ3v) is 6.75. The van der Waals surface area contributed by atoms with Gasteiger partial charge in [-0.15, -0.1) is 0 Å². The molecule has 0 radical (unpaired) electrons. The second-order valence-electron chi connectivity index (χ2n) is 8.16. The first kappa shape index (κ1) is 21.4. The molecule has 1 atom stereocenters. The van der Waals surface area contributed by atoms with Crippen molar-refractivity contribution >= 4 is 10.1 Å². The molecule has 162 valence electrons. The number of hydrogen-bond donors (Lipinski definition) is 1. The van der Waals surface area contributed by atoms with Gasteiger partial charge in [0.1, 0.15) is 17.6 Å². The minimum absolute atomic E-state index is 0.0646. The molecular weight excluding hydrogens is 412 g/mol. The molecule has 4 rings (SSSR count). The van der Waals surface area contributed by atoms with Crippen LogP contribution in [0.15, 0.2) is 53.4 Å². The normalized spacial score (nSPS) is 15.5. The van der Waals surface area contributed by atoms with Crippen LogP contribution >= 0.6 is 0 Å². The zero-order valence-corrected chi connectivity index (χ0v) is 18.9. The molecule has 0 aliphatic carbocycles. The Bertz CT molecular complexity index is 1240. The van der Waals surface area contributed by atoms with E-state index in [2.05, 4.69) is 26.0 Å². The largest absolute Gasteiger partial charge is 0.497 e. The van der Waals surface area contributed by atoms with E-state index in [9.17, 15) is 13.0 Å². The fourth-order valence-electron chi connectivity index (χ4n) is 4.43. The van der Waals surface area contributed by atoms with Crippen molar-refractivity contribution in [2.45, 2.75) is 44.6 Å². The third kappa shape index (κ3) is 4.18. The van der Waals surface area contributed by atoms with Crippen LogP contribution in [-0.2, 0) is 23.0 Å². The summed E-state index contributed by atoms with van der Waals surface area (Å²) >= 11 is 0. The molecule has 1 unspecified atom stereocenters. The van der Waals surface area contributed by atoms with Crippen molar-refractivity contribution in [3.05, 3.63) is 76.3 Å². The van der Waals surface area contributed by atoms with Crippen LogP contribution in [0.25, 0.3) is 11.1 Å². The Kier molecular flexibility index (Phi) is 5.54. The minimum atomic E-state index is -4.31. The lowest BCUT2D eigenvalue weighted by atomic mass is 9.93. The Morgan fingerprint density at radius 3 is 2.42 bits per heavy atom. The lowest BCUT2D eigenvalue weighted by molar-refractivity contribution is 0.233. The molecule has 0 amide bonds. The molecule has 0 saturated carbocycles. The molecule has 3 aromatic rings. The van der Waals surface area contributed by atoms with E-state index in [4.69, 9.17) is 9.47 Å². The van der Waals surface area contributed by atoms with E-state index in [0.717, 1.165) is 44.9 Å². The summed E-state index contributed by atoms with van der Waals surface area (Å²) in [6, 6.07) is 15.1. The van der Waals surface area contributed by atoms with Crippen LogP contribution in [0, 0.1) is 20.8 Å². The van der Waals surface area contributed by atoms with Crippen LogP contribution in [0.5, 0.6) is 11.5 Å². The zero-order valence-electron chi connectivity index (χ0n) is 18.1.